The Balaban J connectivity index is 1.77. The molecule has 2 atom stereocenters. The number of hydrogen-bond acceptors (Lipinski definition) is 6. The van der Waals surface area contributed by atoms with Crippen LogP contribution in [0.25, 0.3) is 0 Å². The minimum absolute atomic E-state index is 0.174. The largest absolute Gasteiger partial charge is 0.335 e. The minimum Gasteiger partial charge on any atom is -0.335 e. The van der Waals surface area contributed by atoms with Crippen LogP contribution in [0.2, 0.25) is 0 Å². The molecular weight excluding hydrogens is 295 g/mol. The fourth-order valence-corrected chi connectivity index (χ4v) is 2.32. The molecule has 0 spiro atoms. The Morgan fingerprint density at radius 3 is 2.74 bits per heavy atom. The summed E-state index contributed by atoms with van der Waals surface area (Å²) in [6, 6.07) is 6.24. The summed E-state index contributed by atoms with van der Waals surface area (Å²) in [4.78, 5) is 12.5. The first-order chi connectivity index (χ1) is 11.1. The van der Waals surface area contributed by atoms with E-state index in [-0.39, 0.29) is 11.7 Å². The number of nitrogens with two attached hydrogens (primary N) is 1. The van der Waals surface area contributed by atoms with Gasteiger partial charge in [0.05, 0.1) is 6.20 Å². The maximum atomic E-state index is 13.1. The Bertz CT molecular complexity index is 728. The lowest BCUT2D eigenvalue weighted by molar-refractivity contribution is 0.324. The molecule has 2 aromatic rings. The zero-order chi connectivity index (χ0) is 16.3. The van der Waals surface area contributed by atoms with Gasteiger partial charge in [0.15, 0.2) is 5.79 Å². The molecule has 0 aliphatic carbocycles. The van der Waals surface area contributed by atoms with Crippen LogP contribution in [0.15, 0.2) is 59.7 Å². The van der Waals surface area contributed by atoms with Crippen molar-refractivity contribution < 1.29 is 4.39 Å². The van der Waals surface area contributed by atoms with E-state index in [1.165, 1.54) is 12.1 Å². The van der Waals surface area contributed by atoms with Crippen LogP contribution >= 0.6 is 0 Å². The number of halogens is 1. The fraction of sp³-hybridized carbons (Fsp3) is 0.188. The molecule has 1 aliphatic rings. The lowest BCUT2D eigenvalue weighted by atomic mass is 9.93. The van der Waals surface area contributed by atoms with Crippen molar-refractivity contribution in [3.8, 4) is 0 Å². The number of anilines is 1. The maximum absolute atomic E-state index is 13.1. The highest BCUT2D eigenvalue weighted by Gasteiger charge is 2.34. The van der Waals surface area contributed by atoms with Gasteiger partial charge in [-0.15, -0.1) is 0 Å². The summed E-state index contributed by atoms with van der Waals surface area (Å²) in [6.07, 6.45) is 8.19. The number of nitrogens with zero attached hydrogens (tertiary/aromatic N) is 3. The smallest absolute Gasteiger partial charge is 0.189 e. The van der Waals surface area contributed by atoms with Gasteiger partial charge in [0.25, 0.3) is 0 Å². The van der Waals surface area contributed by atoms with Crippen molar-refractivity contribution in [3.63, 3.8) is 0 Å². The summed E-state index contributed by atoms with van der Waals surface area (Å²) in [5.74, 6) is -0.240. The quantitative estimate of drug-likeness (QED) is 0.803. The van der Waals surface area contributed by atoms with Crippen molar-refractivity contribution in [2.75, 3.05) is 5.32 Å². The zero-order valence-corrected chi connectivity index (χ0v) is 12.6. The Morgan fingerprint density at radius 1 is 1.26 bits per heavy atom. The lowest BCUT2D eigenvalue weighted by Crippen LogP contribution is -2.57. The Hall–Kier alpha value is -2.80. The number of aromatic nitrogens is 2. The molecule has 0 fully saturated rings. The predicted molar refractivity (Wildman–Crippen MR) is 87.1 cm³/mol. The molecule has 0 bridgehead atoms. The lowest BCUT2D eigenvalue weighted by Gasteiger charge is -2.36. The molecule has 118 valence electrons. The standard InChI is InChI=1S/C16H17FN6/c1-11(12-2-4-13(17)5-3-12)16(18)21-7-6-14(23-16)22-15-10-19-8-9-20-15/h2-11,23H,18H2,1H3,(H,20,22)/t11-,16?/m0/s1. The number of rotatable bonds is 4. The third kappa shape index (κ3) is 3.35. The van der Waals surface area contributed by atoms with Gasteiger partial charge in [-0.25, -0.2) is 9.37 Å². The van der Waals surface area contributed by atoms with Gasteiger partial charge in [-0.1, -0.05) is 19.1 Å². The number of hydrogen-bond donors (Lipinski definition) is 3. The summed E-state index contributed by atoms with van der Waals surface area (Å²) in [5, 5.41) is 6.26. The topological polar surface area (TPSA) is 88.2 Å². The van der Waals surface area contributed by atoms with E-state index in [1.807, 2.05) is 6.92 Å². The number of aliphatic imine (C=N–C) groups is 1. The molecule has 4 N–H and O–H groups in total. The van der Waals surface area contributed by atoms with Crippen molar-refractivity contribution in [3.05, 3.63) is 66.1 Å². The first kappa shape index (κ1) is 15.1. The highest BCUT2D eigenvalue weighted by molar-refractivity contribution is 5.75. The Kier molecular flexibility index (Phi) is 4.03. The fourth-order valence-electron chi connectivity index (χ4n) is 2.32. The first-order valence-corrected chi connectivity index (χ1v) is 7.18. The third-order valence-electron chi connectivity index (χ3n) is 3.72. The predicted octanol–water partition coefficient (Wildman–Crippen LogP) is 1.96. The van der Waals surface area contributed by atoms with E-state index in [4.69, 9.17) is 5.73 Å². The van der Waals surface area contributed by atoms with Gasteiger partial charge in [0, 0.05) is 24.5 Å². The summed E-state index contributed by atoms with van der Waals surface area (Å²) in [5.41, 5.74) is 7.29. The van der Waals surface area contributed by atoms with Gasteiger partial charge >= 0.3 is 0 Å². The van der Waals surface area contributed by atoms with Crippen molar-refractivity contribution in [1.82, 2.24) is 15.3 Å². The van der Waals surface area contributed by atoms with Gasteiger partial charge in [-0.2, -0.15) is 0 Å². The number of benzene rings is 1. The Labute approximate surface area is 133 Å². The third-order valence-corrected chi connectivity index (χ3v) is 3.72. The average molecular weight is 312 g/mol. The molecular formula is C16H17FN6. The summed E-state index contributed by atoms with van der Waals surface area (Å²) in [7, 11) is 0. The van der Waals surface area contributed by atoms with Crippen LogP contribution in [0, 0.1) is 5.82 Å². The molecule has 1 aromatic heterocycles. The van der Waals surface area contributed by atoms with Crippen molar-refractivity contribution in [1.29, 1.82) is 0 Å². The monoisotopic (exact) mass is 312 g/mol. The zero-order valence-electron chi connectivity index (χ0n) is 12.6. The molecule has 0 amide bonds. The summed E-state index contributed by atoms with van der Waals surface area (Å²) in [6.45, 7) is 1.93. The van der Waals surface area contributed by atoms with Crippen LogP contribution in [0.4, 0.5) is 10.2 Å². The van der Waals surface area contributed by atoms with Crippen LogP contribution in [0.5, 0.6) is 0 Å². The highest BCUT2D eigenvalue weighted by Crippen LogP contribution is 2.27. The second-order valence-corrected chi connectivity index (χ2v) is 5.30. The molecule has 7 heteroatoms. The first-order valence-electron chi connectivity index (χ1n) is 7.18. The summed E-state index contributed by atoms with van der Waals surface area (Å²) < 4.78 is 13.1. The molecule has 0 saturated heterocycles. The van der Waals surface area contributed by atoms with Gasteiger partial charge in [-0.3, -0.25) is 15.7 Å². The normalized spacial score (nSPS) is 21.3. The van der Waals surface area contributed by atoms with Gasteiger partial charge in [0.2, 0.25) is 0 Å². The molecule has 1 aliphatic heterocycles. The Morgan fingerprint density at radius 2 is 2.04 bits per heavy atom. The van der Waals surface area contributed by atoms with E-state index in [1.54, 1.807) is 43.0 Å². The van der Waals surface area contributed by atoms with Gasteiger partial charge < -0.3 is 10.6 Å². The molecule has 0 radical (unpaired) electrons. The molecule has 0 saturated carbocycles. The molecule has 1 unspecified atom stereocenters. The molecule has 1 aromatic carbocycles. The van der Waals surface area contributed by atoms with Crippen LogP contribution < -0.4 is 16.4 Å². The number of nitrogens with one attached hydrogen (secondary N) is 2. The second-order valence-electron chi connectivity index (χ2n) is 5.30. The van der Waals surface area contributed by atoms with Gasteiger partial charge in [-0.05, 0) is 23.8 Å². The molecule has 23 heavy (non-hydrogen) atoms. The summed E-state index contributed by atoms with van der Waals surface area (Å²) >= 11 is 0. The second kappa shape index (κ2) is 6.13. The van der Waals surface area contributed by atoms with E-state index in [9.17, 15) is 4.39 Å². The highest BCUT2D eigenvalue weighted by atomic mass is 19.1. The van der Waals surface area contributed by atoms with E-state index in [0.717, 1.165) is 5.56 Å². The van der Waals surface area contributed by atoms with Crippen LogP contribution in [0.3, 0.4) is 0 Å². The van der Waals surface area contributed by atoms with Gasteiger partial charge in [0.1, 0.15) is 17.5 Å². The van der Waals surface area contributed by atoms with Crippen LogP contribution in [-0.2, 0) is 0 Å². The minimum atomic E-state index is -1.04. The SMILES string of the molecule is C[C@@H](c1ccc(F)cc1)C1(N)N=CC=C(Nc2cnccn2)N1. The molecule has 6 nitrogen and oxygen atoms in total. The van der Waals surface area contributed by atoms with Crippen LogP contribution in [0.1, 0.15) is 18.4 Å². The molecule has 3 rings (SSSR count). The van der Waals surface area contributed by atoms with Crippen molar-refractivity contribution >= 4 is 12.0 Å². The van der Waals surface area contributed by atoms with Crippen molar-refractivity contribution in [2.45, 2.75) is 18.6 Å². The molecule has 2 heterocycles. The average Bonchev–Trinajstić information content (AvgIpc) is 2.56. The number of allylic oxidation sites excluding steroid dienone is 1. The van der Waals surface area contributed by atoms with E-state index < -0.39 is 5.79 Å². The van der Waals surface area contributed by atoms with E-state index >= 15 is 0 Å². The van der Waals surface area contributed by atoms with E-state index in [0.29, 0.717) is 11.6 Å². The van der Waals surface area contributed by atoms with E-state index in [2.05, 4.69) is 25.6 Å². The van der Waals surface area contributed by atoms with Crippen molar-refractivity contribution in [2.24, 2.45) is 10.7 Å². The maximum Gasteiger partial charge on any atom is 0.189 e. The van der Waals surface area contributed by atoms with Crippen LogP contribution in [-0.4, -0.2) is 22.0 Å².